The van der Waals surface area contributed by atoms with Crippen LogP contribution in [0.5, 0.6) is 23.0 Å². The molecule has 0 amide bonds. The van der Waals surface area contributed by atoms with Crippen LogP contribution < -0.4 is 18.9 Å². The highest BCUT2D eigenvalue weighted by Crippen LogP contribution is 2.35. The zero-order chi connectivity index (χ0) is 50.1. The summed E-state index contributed by atoms with van der Waals surface area (Å²) >= 11 is 0. The lowest BCUT2D eigenvalue weighted by Crippen LogP contribution is -1.98. The maximum Gasteiger partial charge on any atom is 0.134 e. The molecule has 356 valence electrons. The summed E-state index contributed by atoms with van der Waals surface area (Å²) in [6.45, 7) is 2.08. The fraction of sp³-hybridized carbons (Fsp3) is 0.0735. The summed E-state index contributed by atoms with van der Waals surface area (Å²) in [6, 6.07) is 83.8. The van der Waals surface area contributed by atoms with Crippen LogP contribution in [0.2, 0.25) is 0 Å². The number of nitrogens with zero attached hydrogens (tertiary/aromatic N) is 1. The maximum atomic E-state index is 5.54. The van der Waals surface area contributed by atoms with Crippen LogP contribution in [0.25, 0.3) is 86.2 Å². The van der Waals surface area contributed by atoms with Crippen LogP contribution in [0, 0.1) is 0 Å². The summed E-state index contributed by atoms with van der Waals surface area (Å²) in [5, 5.41) is 19.6. The number of methoxy groups -OCH3 is 4. The molecule has 0 saturated carbocycles. The Kier molecular flexibility index (Phi) is 14.2. The number of fused-ring (bicyclic) bond motifs is 8. The van der Waals surface area contributed by atoms with Crippen LogP contribution in [0.3, 0.4) is 0 Å². The molecule has 0 unspecified atom stereocenters. The monoisotopic (exact) mass is 949 g/mol. The highest BCUT2D eigenvalue weighted by molar-refractivity contribution is 6.20. The van der Waals surface area contributed by atoms with Gasteiger partial charge in [0.2, 0.25) is 0 Å². The summed E-state index contributed by atoms with van der Waals surface area (Å²) in [7, 11) is 6.81. The zero-order valence-electron chi connectivity index (χ0n) is 41.7. The maximum absolute atomic E-state index is 5.54. The second-order valence-corrected chi connectivity index (χ2v) is 17.7. The third-order valence-electron chi connectivity index (χ3n) is 13.3. The molecule has 0 aliphatic carbocycles. The Morgan fingerprint density at radius 1 is 0.288 bits per heavy atom. The molecule has 13 aromatic rings. The van der Waals surface area contributed by atoms with Crippen LogP contribution in [0.1, 0.15) is 12.5 Å². The van der Waals surface area contributed by atoms with Gasteiger partial charge in [0, 0.05) is 27.4 Å². The van der Waals surface area contributed by atoms with E-state index in [-0.39, 0.29) is 0 Å². The molecule has 0 aliphatic rings. The van der Waals surface area contributed by atoms with E-state index in [1.165, 1.54) is 91.7 Å². The van der Waals surface area contributed by atoms with Crippen molar-refractivity contribution in [1.29, 1.82) is 0 Å². The number of ether oxygens (including phenoxy) is 4. The van der Waals surface area contributed by atoms with E-state index in [1.807, 2.05) is 54.6 Å². The number of aliphatic imine (C=N–C) groups is 1. The quantitative estimate of drug-likeness (QED) is 0.123. The summed E-state index contributed by atoms with van der Waals surface area (Å²) in [4.78, 5) is 4.87. The van der Waals surface area contributed by atoms with Crippen molar-refractivity contribution in [3.8, 4) is 23.0 Å². The van der Waals surface area contributed by atoms with Crippen molar-refractivity contribution in [1.82, 2.24) is 0 Å². The molecule has 0 fully saturated rings. The van der Waals surface area contributed by atoms with Crippen molar-refractivity contribution < 1.29 is 18.9 Å². The van der Waals surface area contributed by atoms with E-state index < -0.39 is 0 Å². The molecule has 0 N–H and O–H groups in total. The van der Waals surface area contributed by atoms with E-state index in [0.29, 0.717) is 0 Å². The van der Waals surface area contributed by atoms with Crippen molar-refractivity contribution in [2.75, 3.05) is 28.4 Å². The van der Waals surface area contributed by atoms with Gasteiger partial charge < -0.3 is 18.9 Å². The minimum atomic E-state index is 0.840. The first-order valence-electron chi connectivity index (χ1n) is 24.4. The predicted molar refractivity (Wildman–Crippen MR) is 310 cm³/mol. The van der Waals surface area contributed by atoms with Gasteiger partial charge in [-0.25, -0.2) is 0 Å². The first-order chi connectivity index (χ1) is 35.9. The molecule has 0 radical (unpaired) electrons. The van der Waals surface area contributed by atoms with E-state index in [2.05, 4.69) is 195 Å². The Hall–Kier alpha value is -9.19. The summed E-state index contributed by atoms with van der Waals surface area (Å²) < 4.78 is 21.4. The smallest absolute Gasteiger partial charge is 0.134 e. The lowest BCUT2D eigenvalue weighted by atomic mass is 9.94. The molecule has 13 rings (SSSR count). The Balaban J connectivity index is 0.000000114. The second-order valence-electron chi connectivity index (χ2n) is 17.7. The van der Waals surface area contributed by atoms with Crippen LogP contribution in [-0.4, -0.2) is 34.2 Å². The third-order valence-corrected chi connectivity index (χ3v) is 13.3. The van der Waals surface area contributed by atoms with Crippen molar-refractivity contribution >= 4 is 97.6 Å². The van der Waals surface area contributed by atoms with Gasteiger partial charge in [0.1, 0.15) is 23.0 Å². The molecule has 73 heavy (non-hydrogen) atoms. The first-order valence-corrected chi connectivity index (χ1v) is 24.4. The molecule has 0 spiro atoms. The Morgan fingerprint density at radius 2 is 0.671 bits per heavy atom. The standard InChI is InChI=1S/C23H19NO.3C15H12O/c1-16(24-19-11-13-20(25-2)14-12-19)23-21-9-5-3-7-17(21)15-18-8-4-6-10-22(18)23;1-16-15-13-8-4-2-6-11(13)10-12-7-3-5-9-14(12)15;1-16-15-8-4-7-13-9-11-5-2-3-6-12(11)10-14(13)15;1-16-15-7-6-13-8-11-4-2-3-5-12(11)9-14(13)10-15/h3-15H,1-2H3;3*2-10H,1H3. The molecule has 0 heterocycles. The average molecular weight is 950 g/mol. The van der Waals surface area contributed by atoms with Gasteiger partial charge in [-0.05, 0) is 156 Å². The van der Waals surface area contributed by atoms with Gasteiger partial charge in [-0.1, -0.05) is 164 Å². The highest BCUT2D eigenvalue weighted by atomic mass is 16.5. The van der Waals surface area contributed by atoms with Gasteiger partial charge in [0.25, 0.3) is 0 Å². The molecular formula is C68H55NO4. The fourth-order valence-corrected chi connectivity index (χ4v) is 9.66. The lowest BCUT2D eigenvalue weighted by Gasteiger charge is -2.11. The van der Waals surface area contributed by atoms with Crippen LogP contribution in [0.4, 0.5) is 5.69 Å². The number of rotatable bonds is 6. The van der Waals surface area contributed by atoms with Crippen LogP contribution in [-0.2, 0) is 0 Å². The Bertz CT molecular complexity index is 3960. The van der Waals surface area contributed by atoms with Crippen molar-refractivity contribution in [3.63, 3.8) is 0 Å². The molecule has 0 aliphatic heterocycles. The molecule has 5 heteroatoms. The minimum absolute atomic E-state index is 0.840. The topological polar surface area (TPSA) is 49.3 Å². The third kappa shape index (κ3) is 10.3. The fourth-order valence-electron chi connectivity index (χ4n) is 9.66. The Morgan fingerprint density at radius 3 is 1.18 bits per heavy atom. The highest BCUT2D eigenvalue weighted by Gasteiger charge is 2.11. The molecule has 13 aromatic carbocycles. The van der Waals surface area contributed by atoms with Gasteiger partial charge in [-0.2, -0.15) is 0 Å². The van der Waals surface area contributed by atoms with E-state index in [9.17, 15) is 0 Å². The van der Waals surface area contributed by atoms with Crippen LogP contribution >= 0.6 is 0 Å². The van der Waals surface area contributed by atoms with Gasteiger partial charge in [-0.3, -0.25) is 4.99 Å². The normalized spacial score (nSPS) is 11.2. The molecule has 0 bridgehead atoms. The van der Waals surface area contributed by atoms with Crippen molar-refractivity contribution in [2.24, 2.45) is 4.99 Å². The van der Waals surface area contributed by atoms with Crippen molar-refractivity contribution in [3.05, 3.63) is 248 Å². The number of benzene rings is 13. The van der Waals surface area contributed by atoms with Gasteiger partial charge in [0.05, 0.1) is 34.1 Å². The lowest BCUT2D eigenvalue weighted by molar-refractivity contribution is 0.415. The molecule has 0 atom stereocenters. The summed E-state index contributed by atoms with van der Waals surface area (Å²) in [6.07, 6.45) is 0. The van der Waals surface area contributed by atoms with Gasteiger partial charge >= 0.3 is 0 Å². The van der Waals surface area contributed by atoms with E-state index in [0.717, 1.165) is 34.4 Å². The van der Waals surface area contributed by atoms with Gasteiger partial charge in [0.15, 0.2) is 0 Å². The Labute approximate surface area is 426 Å². The molecule has 0 aromatic heterocycles. The van der Waals surface area contributed by atoms with E-state index in [1.54, 1.807) is 28.4 Å². The zero-order valence-corrected chi connectivity index (χ0v) is 41.7. The summed E-state index contributed by atoms with van der Waals surface area (Å²) in [5.41, 5.74) is 3.14. The largest absolute Gasteiger partial charge is 0.497 e. The first kappa shape index (κ1) is 47.5. The second kappa shape index (κ2) is 21.8. The molecule has 0 saturated heterocycles. The summed E-state index contributed by atoms with van der Waals surface area (Å²) in [5.74, 6) is 3.65. The number of hydrogen-bond donors (Lipinski definition) is 0. The molecule has 5 nitrogen and oxygen atoms in total. The molecular weight excluding hydrogens is 895 g/mol. The van der Waals surface area contributed by atoms with Gasteiger partial charge in [-0.15, -0.1) is 0 Å². The van der Waals surface area contributed by atoms with Crippen LogP contribution in [0.15, 0.2) is 248 Å². The predicted octanol–water partition coefficient (Wildman–Crippen LogP) is 18.1. The van der Waals surface area contributed by atoms with E-state index in [4.69, 9.17) is 23.9 Å². The van der Waals surface area contributed by atoms with Crippen molar-refractivity contribution in [2.45, 2.75) is 6.92 Å². The van der Waals surface area contributed by atoms with E-state index >= 15 is 0 Å². The minimum Gasteiger partial charge on any atom is -0.497 e. The number of hydrogen-bond acceptors (Lipinski definition) is 5. The SMILES string of the molecule is COc1c2ccccc2cc2ccccc12.COc1ccc(N=C(C)c2c3ccccc3cc3ccccc23)cc1.COc1ccc2cc3ccccc3cc2c1.COc1cccc2cc3ccccc3cc12. The average Bonchev–Trinajstić information content (AvgIpc) is 3.45.